The minimum absolute atomic E-state index is 0.764. The Bertz CT molecular complexity index is 196. The zero-order valence-corrected chi connectivity index (χ0v) is 6.67. The van der Waals surface area contributed by atoms with Crippen LogP contribution in [0.3, 0.4) is 0 Å². The van der Waals surface area contributed by atoms with E-state index in [4.69, 9.17) is 0 Å². The lowest BCUT2D eigenvalue weighted by Crippen LogP contribution is -2.00. The van der Waals surface area contributed by atoms with Crippen molar-refractivity contribution in [3.8, 4) is 0 Å². The van der Waals surface area contributed by atoms with Crippen LogP contribution in [-0.2, 0) is 0 Å². The van der Waals surface area contributed by atoms with Gasteiger partial charge in [0.1, 0.15) is 0 Å². The fourth-order valence-corrected chi connectivity index (χ4v) is 2.09. The third kappa shape index (κ3) is 0.749. The molecule has 2 aliphatic rings. The summed E-state index contributed by atoms with van der Waals surface area (Å²) < 4.78 is 0. The van der Waals surface area contributed by atoms with Crippen molar-refractivity contribution in [1.82, 2.24) is 0 Å². The number of rotatable bonds is 1. The van der Waals surface area contributed by atoms with Gasteiger partial charge >= 0.3 is 0 Å². The van der Waals surface area contributed by atoms with Crippen LogP contribution in [0.2, 0.25) is 0 Å². The van der Waals surface area contributed by atoms with E-state index < -0.39 is 0 Å². The summed E-state index contributed by atoms with van der Waals surface area (Å²) in [7, 11) is 0. The molecule has 0 nitrogen and oxygen atoms in total. The molecule has 0 saturated heterocycles. The minimum atomic E-state index is 0.764. The molecule has 0 N–H and O–H groups in total. The summed E-state index contributed by atoms with van der Waals surface area (Å²) in [6.45, 7) is 4.58. The van der Waals surface area contributed by atoms with Crippen molar-refractivity contribution in [2.75, 3.05) is 0 Å². The summed E-state index contributed by atoms with van der Waals surface area (Å²) in [6.07, 6.45) is 8.54. The van der Waals surface area contributed by atoms with Gasteiger partial charge in [-0.05, 0) is 24.2 Å². The Morgan fingerprint density at radius 1 is 1.40 bits per heavy atom. The highest BCUT2D eigenvalue weighted by Gasteiger charge is 2.28. The second-order valence-corrected chi connectivity index (χ2v) is 3.71. The monoisotopic (exact) mass is 134 g/mol. The van der Waals surface area contributed by atoms with Gasteiger partial charge in [-0.25, -0.2) is 0 Å². The second kappa shape index (κ2) is 1.98. The number of fused-ring (bicyclic) bond motifs is 2. The van der Waals surface area contributed by atoms with E-state index in [1.165, 1.54) is 6.42 Å². The van der Waals surface area contributed by atoms with Gasteiger partial charge in [0.25, 0.3) is 0 Å². The highest BCUT2D eigenvalue weighted by molar-refractivity contribution is 5.30. The smallest absolute Gasteiger partial charge is 0.00117 e. The van der Waals surface area contributed by atoms with Crippen LogP contribution in [0, 0.1) is 17.8 Å². The first-order chi connectivity index (χ1) is 4.77. The average Bonchev–Trinajstić information content (AvgIpc) is 2.44. The predicted molar refractivity (Wildman–Crippen MR) is 43.7 cm³/mol. The van der Waals surface area contributed by atoms with Gasteiger partial charge in [-0.2, -0.15) is 0 Å². The Morgan fingerprint density at radius 2 is 2.20 bits per heavy atom. The quantitative estimate of drug-likeness (QED) is 0.484. The molecule has 2 atom stereocenters. The first kappa shape index (κ1) is 6.21. The Labute approximate surface area is 62.6 Å². The van der Waals surface area contributed by atoms with E-state index in [1.807, 2.05) is 0 Å². The summed E-state index contributed by atoms with van der Waals surface area (Å²) in [5, 5.41) is 0. The molecular formula is C10H14. The van der Waals surface area contributed by atoms with Crippen molar-refractivity contribution in [3.05, 3.63) is 23.8 Å². The molecule has 2 bridgehead atoms. The molecule has 0 aromatic carbocycles. The lowest BCUT2D eigenvalue weighted by Gasteiger charge is -2.12. The molecule has 0 aromatic heterocycles. The molecule has 10 heavy (non-hydrogen) atoms. The zero-order chi connectivity index (χ0) is 7.14. The fraction of sp³-hybridized carbons (Fsp3) is 0.600. The van der Waals surface area contributed by atoms with Crippen molar-refractivity contribution in [1.29, 1.82) is 0 Å². The first-order valence-corrected chi connectivity index (χ1v) is 4.17. The van der Waals surface area contributed by atoms with Gasteiger partial charge in [-0.1, -0.05) is 37.6 Å². The maximum Gasteiger partial charge on any atom is -0.00117 e. The van der Waals surface area contributed by atoms with Crippen LogP contribution in [-0.4, -0.2) is 0 Å². The molecule has 54 valence electrons. The number of hydrogen-bond acceptors (Lipinski definition) is 0. The third-order valence-corrected chi connectivity index (χ3v) is 2.62. The molecule has 2 aliphatic carbocycles. The molecule has 0 fully saturated rings. The Hall–Kier alpha value is -0.520. The molecule has 0 amide bonds. The zero-order valence-electron chi connectivity index (χ0n) is 6.67. The molecule has 0 aliphatic heterocycles. The third-order valence-electron chi connectivity index (χ3n) is 2.62. The minimum Gasteiger partial charge on any atom is -0.0810 e. The van der Waals surface area contributed by atoms with Crippen molar-refractivity contribution >= 4 is 0 Å². The number of allylic oxidation sites excluding steroid dienone is 4. The second-order valence-electron chi connectivity index (χ2n) is 3.71. The van der Waals surface area contributed by atoms with Crippen LogP contribution in [0.15, 0.2) is 23.8 Å². The topological polar surface area (TPSA) is 0 Å². The Morgan fingerprint density at radius 3 is 2.50 bits per heavy atom. The van der Waals surface area contributed by atoms with Crippen molar-refractivity contribution < 1.29 is 0 Å². The average molecular weight is 134 g/mol. The molecule has 0 saturated carbocycles. The summed E-state index contributed by atoms with van der Waals surface area (Å²) in [5.74, 6) is 2.37. The lowest BCUT2D eigenvalue weighted by atomic mass is 9.93. The van der Waals surface area contributed by atoms with Gasteiger partial charge < -0.3 is 0 Å². The first-order valence-electron chi connectivity index (χ1n) is 4.17. The van der Waals surface area contributed by atoms with E-state index in [0.717, 1.165) is 17.8 Å². The highest BCUT2D eigenvalue weighted by Crippen LogP contribution is 2.41. The standard InChI is InChI=1S/C10H14/c1-7(2)10-6-8-3-4-9(10)5-8/h3-4,6-9H,5H2,1-2H3. The highest BCUT2D eigenvalue weighted by atomic mass is 14.3. The van der Waals surface area contributed by atoms with Gasteiger partial charge in [0, 0.05) is 0 Å². The maximum absolute atomic E-state index is 2.45. The largest absolute Gasteiger partial charge is 0.0810 e. The lowest BCUT2D eigenvalue weighted by molar-refractivity contribution is 0.638. The van der Waals surface area contributed by atoms with E-state index in [-0.39, 0.29) is 0 Å². The molecule has 0 heterocycles. The van der Waals surface area contributed by atoms with Gasteiger partial charge in [0.05, 0.1) is 0 Å². The Kier molecular flexibility index (Phi) is 1.23. The van der Waals surface area contributed by atoms with Gasteiger partial charge in [-0.3, -0.25) is 0 Å². The summed E-state index contributed by atoms with van der Waals surface area (Å²) in [6, 6.07) is 0. The van der Waals surface area contributed by atoms with Crippen LogP contribution in [0.5, 0.6) is 0 Å². The molecule has 2 rings (SSSR count). The molecular weight excluding hydrogens is 120 g/mol. The summed E-state index contributed by atoms with van der Waals surface area (Å²) in [4.78, 5) is 0. The van der Waals surface area contributed by atoms with Gasteiger partial charge in [0.15, 0.2) is 0 Å². The molecule has 0 aromatic rings. The maximum atomic E-state index is 2.45. The Balaban J connectivity index is 2.21. The SMILES string of the molecule is CC(C)C1=CC2C=CC1C2. The van der Waals surface area contributed by atoms with Crippen molar-refractivity contribution in [2.24, 2.45) is 17.8 Å². The molecule has 0 spiro atoms. The number of hydrogen-bond donors (Lipinski definition) is 0. The van der Waals surface area contributed by atoms with Crippen molar-refractivity contribution in [3.63, 3.8) is 0 Å². The van der Waals surface area contributed by atoms with E-state index >= 15 is 0 Å². The summed E-state index contributed by atoms with van der Waals surface area (Å²) in [5.41, 5.74) is 1.67. The predicted octanol–water partition coefficient (Wildman–Crippen LogP) is 2.77. The van der Waals surface area contributed by atoms with E-state index in [2.05, 4.69) is 32.1 Å². The van der Waals surface area contributed by atoms with Gasteiger partial charge in [0.2, 0.25) is 0 Å². The van der Waals surface area contributed by atoms with Gasteiger partial charge in [-0.15, -0.1) is 0 Å². The van der Waals surface area contributed by atoms with Crippen LogP contribution >= 0.6 is 0 Å². The molecule has 2 unspecified atom stereocenters. The normalized spacial score (nSPS) is 35.7. The molecule has 0 heteroatoms. The van der Waals surface area contributed by atoms with Crippen LogP contribution in [0.4, 0.5) is 0 Å². The van der Waals surface area contributed by atoms with Crippen LogP contribution in [0.25, 0.3) is 0 Å². The van der Waals surface area contributed by atoms with E-state index in [9.17, 15) is 0 Å². The molecule has 0 radical (unpaired) electrons. The van der Waals surface area contributed by atoms with Crippen LogP contribution in [0.1, 0.15) is 20.3 Å². The van der Waals surface area contributed by atoms with Crippen molar-refractivity contribution in [2.45, 2.75) is 20.3 Å². The van der Waals surface area contributed by atoms with E-state index in [0.29, 0.717) is 0 Å². The van der Waals surface area contributed by atoms with Crippen LogP contribution < -0.4 is 0 Å². The van der Waals surface area contributed by atoms with E-state index in [1.54, 1.807) is 5.57 Å². The fourth-order valence-electron chi connectivity index (χ4n) is 2.09. The summed E-state index contributed by atoms with van der Waals surface area (Å²) >= 11 is 0.